The summed E-state index contributed by atoms with van der Waals surface area (Å²) in [5.74, 6) is 0.730. The van der Waals surface area contributed by atoms with Gasteiger partial charge in [0, 0.05) is 11.7 Å². The molecule has 0 radical (unpaired) electrons. The zero-order valence-electron chi connectivity index (χ0n) is 12.5. The Hall–Kier alpha value is -2.56. The largest absolute Gasteiger partial charge is 0.340 e. The molecule has 3 N–H and O–H groups in total. The smallest absolute Gasteiger partial charge is 0.319 e. The summed E-state index contributed by atoms with van der Waals surface area (Å²) < 4.78 is 0. The Labute approximate surface area is 124 Å². The quantitative estimate of drug-likeness (QED) is 0.802. The minimum atomic E-state index is -0.231. The van der Waals surface area contributed by atoms with Crippen LogP contribution in [0.2, 0.25) is 0 Å². The van der Waals surface area contributed by atoms with Gasteiger partial charge in [-0.15, -0.1) is 0 Å². The van der Waals surface area contributed by atoms with E-state index in [4.69, 9.17) is 0 Å². The third kappa shape index (κ3) is 4.80. The van der Waals surface area contributed by atoms with Crippen LogP contribution in [0.5, 0.6) is 0 Å². The first-order valence-electron chi connectivity index (χ1n) is 6.90. The van der Waals surface area contributed by atoms with Gasteiger partial charge in [0.15, 0.2) is 0 Å². The van der Waals surface area contributed by atoms with Gasteiger partial charge < -0.3 is 16.0 Å². The zero-order chi connectivity index (χ0) is 15.2. The lowest BCUT2D eigenvalue weighted by Crippen LogP contribution is -2.34. The highest BCUT2D eigenvalue weighted by atomic mass is 16.2. The average molecular weight is 284 g/mol. The van der Waals surface area contributed by atoms with E-state index in [-0.39, 0.29) is 12.1 Å². The van der Waals surface area contributed by atoms with Crippen LogP contribution in [0.1, 0.15) is 19.4 Å². The van der Waals surface area contributed by atoms with Crippen LogP contribution < -0.4 is 16.0 Å². The lowest BCUT2D eigenvalue weighted by molar-refractivity contribution is 0.250. The predicted octanol–water partition coefficient (Wildman–Crippen LogP) is 3.66. The topological polar surface area (TPSA) is 66.0 Å². The van der Waals surface area contributed by atoms with Gasteiger partial charge in [0.2, 0.25) is 0 Å². The maximum atomic E-state index is 11.6. The van der Waals surface area contributed by atoms with E-state index in [0.29, 0.717) is 5.69 Å². The number of hydrogen-bond acceptors (Lipinski definition) is 3. The van der Waals surface area contributed by atoms with Crippen molar-refractivity contribution in [1.82, 2.24) is 10.3 Å². The van der Waals surface area contributed by atoms with Crippen molar-refractivity contribution in [3.05, 3.63) is 48.2 Å². The zero-order valence-corrected chi connectivity index (χ0v) is 12.5. The lowest BCUT2D eigenvalue weighted by atomic mass is 10.2. The lowest BCUT2D eigenvalue weighted by Gasteiger charge is -2.10. The Kier molecular flexibility index (Phi) is 4.77. The molecule has 1 aromatic heterocycles. The molecule has 0 aliphatic heterocycles. The monoisotopic (exact) mass is 284 g/mol. The fourth-order valence-corrected chi connectivity index (χ4v) is 1.76. The van der Waals surface area contributed by atoms with E-state index in [1.807, 2.05) is 57.2 Å². The standard InChI is InChI=1S/C16H20N4O/c1-11(2)18-16(21)20-14-8-9-15(17-10-14)19-13-6-4-12(3)5-7-13/h4-11H,1-3H3,(H,17,19)(H2,18,20,21). The second-order valence-corrected chi connectivity index (χ2v) is 5.18. The molecule has 2 aromatic rings. The number of nitrogens with zero attached hydrogens (tertiary/aromatic N) is 1. The van der Waals surface area contributed by atoms with E-state index < -0.39 is 0 Å². The van der Waals surface area contributed by atoms with E-state index in [1.54, 1.807) is 6.20 Å². The fraction of sp³-hybridized carbons (Fsp3) is 0.250. The van der Waals surface area contributed by atoms with Crippen molar-refractivity contribution < 1.29 is 4.79 Å². The van der Waals surface area contributed by atoms with E-state index in [9.17, 15) is 4.79 Å². The molecule has 0 saturated heterocycles. The van der Waals surface area contributed by atoms with Crippen molar-refractivity contribution in [3.63, 3.8) is 0 Å². The Bertz CT molecular complexity index is 591. The molecule has 0 aliphatic rings. The minimum absolute atomic E-state index is 0.0976. The molecule has 0 unspecified atom stereocenters. The minimum Gasteiger partial charge on any atom is -0.340 e. The number of amides is 2. The summed E-state index contributed by atoms with van der Waals surface area (Å²) >= 11 is 0. The summed E-state index contributed by atoms with van der Waals surface area (Å²) in [6, 6.07) is 11.6. The molecule has 0 bridgehead atoms. The van der Waals surface area contributed by atoms with Crippen molar-refractivity contribution in [2.45, 2.75) is 26.8 Å². The van der Waals surface area contributed by atoms with Crippen LogP contribution in [0.15, 0.2) is 42.6 Å². The molecule has 0 fully saturated rings. The maximum Gasteiger partial charge on any atom is 0.319 e. The maximum absolute atomic E-state index is 11.6. The van der Waals surface area contributed by atoms with Crippen LogP contribution in [0, 0.1) is 6.92 Å². The normalized spacial score (nSPS) is 10.3. The van der Waals surface area contributed by atoms with Crippen LogP contribution >= 0.6 is 0 Å². The third-order valence-electron chi connectivity index (χ3n) is 2.77. The highest BCUT2D eigenvalue weighted by Gasteiger charge is 2.03. The number of carbonyl (C=O) groups excluding carboxylic acids is 1. The Morgan fingerprint density at radius 1 is 1.05 bits per heavy atom. The third-order valence-corrected chi connectivity index (χ3v) is 2.77. The number of aromatic nitrogens is 1. The Morgan fingerprint density at radius 2 is 1.71 bits per heavy atom. The molecule has 0 aliphatic carbocycles. The van der Waals surface area contributed by atoms with Crippen molar-refractivity contribution in [2.24, 2.45) is 0 Å². The number of hydrogen-bond donors (Lipinski definition) is 3. The summed E-state index contributed by atoms with van der Waals surface area (Å²) in [7, 11) is 0. The van der Waals surface area contributed by atoms with Crippen molar-refractivity contribution >= 4 is 23.2 Å². The second kappa shape index (κ2) is 6.74. The van der Waals surface area contributed by atoms with Gasteiger partial charge in [0.05, 0.1) is 11.9 Å². The van der Waals surface area contributed by atoms with E-state index in [1.165, 1.54) is 5.56 Å². The van der Waals surface area contributed by atoms with Gasteiger partial charge in [-0.2, -0.15) is 0 Å². The molecular weight excluding hydrogens is 264 g/mol. The Balaban J connectivity index is 1.95. The van der Waals surface area contributed by atoms with Crippen LogP contribution in [0.4, 0.5) is 22.0 Å². The number of urea groups is 1. The highest BCUT2D eigenvalue weighted by Crippen LogP contribution is 2.16. The second-order valence-electron chi connectivity index (χ2n) is 5.18. The van der Waals surface area contributed by atoms with Crippen LogP contribution in [0.3, 0.4) is 0 Å². The number of carbonyl (C=O) groups is 1. The van der Waals surface area contributed by atoms with Gasteiger partial charge in [-0.3, -0.25) is 0 Å². The van der Waals surface area contributed by atoms with E-state index in [2.05, 4.69) is 20.9 Å². The van der Waals surface area contributed by atoms with Gasteiger partial charge in [0.25, 0.3) is 0 Å². The molecule has 21 heavy (non-hydrogen) atoms. The summed E-state index contributed by atoms with van der Waals surface area (Å²) in [5, 5.41) is 8.69. The molecule has 0 atom stereocenters. The molecule has 2 amide bonds. The number of aryl methyl sites for hydroxylation is 1. The summed E-state index contributed by atoms with van der Waals surface area (Å²) in [5.41, 5.74) is 2.85. The number of pyridine rings is 1. The molecule has 1 heterocycles. The molecule has 1 aromatic carbocycles. The van der Waals surface area contributed by atoms with Gasteiger partial charge in [-0.05, 0) is 45.0 Å². The van der Waals surface area contributed by atoms with Crippen molar-refractivity contribution in [1.29, 1.82) is 0 Å². The first kappa shape index (κ1) is 14.8. The Morgan fingerprint density at radius 3 is 2.29 bits per heavy atom. The van der Waals surface area contributed by atoms with Crippen LogP contribution in [-0.2, 0) is 0 Å². The number of anilines is 3. The summed E-state index contributed by atoms with van der Waals surface area (Å²) in [6.07, 6.45) is 1.62. The van der Waals surface area contributed by atoms with Gasteiger partial charge in [-0.1, -0.05) is 17.7 Å². The molecule has 110 valence electrons. The molecule has 0 saturated carbocycles. The average Bonchev–Trinajstić information content (AvgIpc) is 2.42. The predicted molar refractivity (Wildman–Crippen MR) is 86.0 cm³/mol. The highest BCUT2D eigenvalue weighted by molar-refractivity contribution is 5.89. The SMILES string of the molecule is Cc1ccc(Nc2ccc(NC(=O)NC(C)C)cn2)cc1. The van der Waals surface area contributed by atoms with Crippen LogP contribution in [-0.4, -0.2) is 17.1 Å². The summed E-state index contributed by atoms with van der Waals surface area (Å²) in [6.45, 7) is 5.86. The first-order valence-corrected chi connectivity index (χ1v) is 6.90. The fourth-order valence-electron chi connectivity index (χ4n) is 1.76. The first-order chi connectivity index (χ1) is 10.0. The number of nitrogens with one attached hydrogen (secondary N) is 3. The van der Waals surface area contributed by atoms with Crippen molar-refractivity contribution in [2.75, 3.05) is 10.6 Å². The molecule has 5 heteroatoms. The van der Waals surface area contributed by atoms with Gasteiger partial charge in [-0.25, -0.2) is 9.78 Å². The molecule has 5 nitrogen and oxygen atoms in total. The van der Waals surface area contributed by atoms with Crippen LogP contribution in [0.25, 0.3) is 0 Å². The number of rotatable bonds is 4. The molecule has 2 rings (SSSR count). The molecular formula is C16H20N4O. The van der Waals surface area contributed by atoms with Crippen molar-refractivity contribution in [3.8, 4) is 0 Å². The molecule has 0 spiro atoms. The van der Waals surface area contributed by atoms with E-state index >= 15 is 0 Å². The number of benzene rings is 1. The van der Waals surface area contributed by atoms with Gasteiger partial charge in [0.1, 0.15) is 5.82 Å². The van der Waals surface area contributed by atoms with Gasteiger partial charge >= 0.3 is 6.03 Å². The van der Waals surface area contributed by atoms with E-state index in [0.717, 1.165) is 11.5 Å². The summed E-state index contributed by atoms with van der Waals surface area (Å²) in [4.78, 5) is 15.8.